The van der Waals surface area contributed by atoms with Gasteiger partial charge in [0.2, 0.25) is 0 Å². The van der Waals surface area contributed by atoms with E-state index >= 15 is 0 Å². The summed E-state index contributed by atoms with van der Waals surface area (Å²) in [5, 5.41) is 6.38. The van der Waals surface area contributed by atoms with E-state index in [1.807, 2.05) is 24.3 Å². The van der Waals surface area contributed by atoms with Crippen molar-refractivity contribution in [3.8, 4) is 0 Å². The molecule has 0 aliphatic rings. The van der Waals surface area contributed by atoms with Crippen LogP contribution in [0.25, 0.3) is 11.0 Å². The van der Waals surface area contributed by atoms with E-state index in [9.17, 15) is 4.79 Å². The fraction of sp³-hybridized carbons (Fsp3) is 0.0909. The summed E-state index contributed by atoms with van der Waals surface area (Å²) in [6.45, 7) is 0. The van der Waals surface area contributed by atoms with Crippen molar-refractivity contribution in [2.24, 2.45) is 0 Å². The molecule has 5 nitrogen and oxygen atoms in total. The smallest absolute Gasteiger partial charge is 0.306 e. The van der Waals surface area contributed by atoms with Crippen LogP contribution in [0.15, 0.2) is 35.3 Å². The van der Waals surface area contributed by atoms with Gasteiger partial charge in [0.05, 0.1) is 16.7 Å². The largest absolute Gasteiger partial charge is 0.323 e. The number of H-pyrrole nitrogens is 3. The van der Waals surface area contributed by atoms with Crippen LogP contribution in [-0.2, 0) is 0 Å². The number of benzene rings is 1. The summed E-state index contributed by atoms with van der Waals surface area (Å²) in [7, 11) is 0. The molecule has 0 amide bonds. The number of aromatic amines is 3. The maximum atomic E-state index is 11.1. The molecule has 0 fully saturated rings. The molecule has 0 radical (unpaired) electrons. The molecule has 86 valence electrons. The molecular formula is C11H9ClN4O. The Bertz CT molecular complexity index is 698. The minimum absolute atomic E-state index is 0.218. The van der Waals surface area contributed by atoms with Crippen molar-refractivity contribution in [3.05, 3.63) is 52.2 Å². The highest BCUT2D eigenvalue weighted by atomic mass is 35.5. The quantitative estimate of drug-likeness (QED) is 0.606. The van der Waals surface area contributed by atoms with Crippen LogP contribution < -0.4 is 5.69 Å². The average molecular weight is 249 g/mol. The van der Waals surface area contributed by atoms with E-state index in [-0.39, 0.29) is 11.1 Å². The third kappa shape index (κ3) is 1.74. The molecule has 1 aromatic carbocycles. The van der Waals surface area contributed by atoms with Crippen LogP contribution in [-0.4, -0.2) is 20.2 Å². The topological polar surface area (TPSA) is 77.3 Å². The summed E-state index contributed by atoms with van der Waals surface area (Å²) < 4.78 is 0. The van der Waals surface area contributed by atoms with Crippen LogP contribution in [0.4, 0.5) is 0 Å². The van der Waals surface area contributed by atoms with Crippen molar-refractivity contribution in [3.63, 3.8) is 0 Å². The van der Waals surface area contributed by atoms with Gasteiger partial charge in [-0.25, -0.2) is 4.79 Å². The number of nitrogens with one attached hydrogen (secondary N) is 3. The lowest BCUT2D eigenvalue weighted by atomic mass is 10.1. The van der Waals surface area contributed by atoms with Crippen molar-refractivity contribution < 1.29 is 0 Å². The van der Waals surface area contributed by atoms with Crippen LogP contribution in [0, 0.1) is 0 Å². The lowest BCUT2D eigenvalue weighted by Gasteiger charge is -2.07. The highest BCUT2D eigenvalue weighted by molar-refractivity contribution is 6.22. The van der Waals surface area contributed by atoms with Crippen LogP contribution in [0.2, 0.25) is 0 Å². The molecule has 3 aromatic rings. The maximum Gasteiger partial charge on any atom is 0.323 e. The predicted molar refractivity (Wildman–Crippen MR) is 65.2 cm³/mol. The van der Waals surface area contributed by atoms with Crippen LogP contribution in [0.1, 0.15) is 16.6 Å². The molecule has 2 aromatic heterocycles. The van der Waals surface area contributed by atoms with Gasteiger partial charge in [0.1, 0.15) is 5.38 Å². The first-order valence-electron chi connectivity index (χ1n) is 5.09. The van der Waals surface area contributed by atoms with Gasteiger partial charge in [0.25, 0.3) is 0 Å². The van der Waals surface area contributed by atoms with Gasteiger partial charge >= 0.3 is 5.69 Å². The highest BCUT2D eigenvalue weighted by Gasteiger charge is 2.12. The number of hydrogen-bond acceptors (Lipinski definition) is 2. The Balaban J connectivity index is 2.08. The van der Waals surface area contributed by atoms with Gasteiger partial charge in [-0.2, -0.15) is 5.10 Å². The number of hydrogen-bond donors (Lipinski definition) is 3. The maximum absolute atomic E-state index is 11.1. The Morgan fingerprint density at radius 1 is 1.18 bits per heavy atom. The van der Waals surface area contributed by atoms with E-state index in [4.69, 9.17) is 11.6 Å². The van der Waals surface area contributed by atoms with E-state index in [1.54, 1.807) is 6.20 Å². The van der Waals surface area contributed by atoms with E-state index in [0.29, 0.717) is 0 Å². The molecule has 3 rings (SSSR count). The second-order valence-electron chi connectivity index (χ2n) is 3.76. The summed E-state index contributed by atoms with van der Waals surface area (Å²) in [6, 6.07) is 7.38. The lowest BCUT2D eigenvalue weighted by molar-refractivity contribution is 0.977. The molecule has 3 N–H and O–H groups in total. The van der Waals surface area contributed by atoms with Crippen molar-refractivity contribution in [2.45, 2.75) is 5.38 Å². The summed E-state index contributed by atoms with van der Waals surface area (Å²) in [5.74, 6) is 0. The first-order valence-corrected chi connectivity index (χ1v) is 5.53. The van der Waals surface area contributed by atoms with Gasteiger partial charge in [-0.3, -0.25) is 5.10 Å². The second-order valence-corrected chi connectivity index (χ2v) is 4.20. The monoisotopic (exact) mass is 248 g/mol. The average Bonchev–Trinajstić information content (AvgIpc) is 2.94. The third-order valence-corrected chi connectivity index (χ3v) is 3.12. The zero-order valence-electron chi connectivity index (χ0n) is 8.70. The number of fused-ring (bicyclic) bond motifs is 1. The standard InChI is InChI=1S/C11H9ClN4O/c12-10(8-3-4-13-16-8)6-1-2-7-9(5-6)15-11(17)14-7/h1-5,10H,(H,13,16)(H2,14,15,17). The second kappa shape index (κ2) is 3.78. The molecule has 0 spiro atoms. The molecule has 0 saturated carbocycles. The molecule has 17 heavy (non-hydrogen) atoms. The number of imidazole rings is 1. The lowest BCUT2D eigenvalue weighted by Crippen LogP contribution is -1.99. The highest BCUT2D eigenvalue weighted by Crippen LogP contribution is 2.28. The summed E-state index contributed by atoms with van der Waals surface area (Å²) in [4.78, 5) is 16.5. The minimum Gasteiger partial charge on any atom is -0.306 e. The zero-order valence-corrected chi connectivity index (χ0v) is 9.45. The zero-order chi connectivity index (χ0) is 11.8. The Morgan fingerprint density at radius 3 is 2.76 bits per heavy atom. The molecule has 6 heteroatoms. The fourth-order valence-electron chi connectivity index (χ4n) is 1.80. The SMILES string of the molecule is O=c1[nH]c2ccc(C(Cl)c3ccn[nH]3)cc2[nH]1. The molecule has 2 heterocycles. The number of alkyl halides is 1. The molecule has 0 bridgehead atoms. The first kappa shape index (κ1) is 10.2. The van der Waals surface area contributed by atoms with Crippen molar-refractivity contribution >= 4 is 22.6 Å². The summed E-state index contributed by atoms with van der Waals surface area (Å²) in [5.41, 5.74) is 3.03. The fourth-order valence-corrected chi connectivity index (χ4v) is 2.05. The normalized spacial score (nSPS) is 13.0. The predicted octanol–water partition coefficient (Wildman–Crippen LogP) is 1.91. The van der Waals surface area contributed by atoms with Crippen molar-refractivity contribution in [1.29, 1.82) is 0 Å². The molecule has 0 saturated heterocycles. The van der Waals surface area contributed by atoms with Gasteiger partial charge in [0.15, 0.2) is 0 Å². The van der Waals surface area contributed by atoms with E-state index < -0.39 is 0 Å². The number of rotatable bonds is 2. The van der Waals surface area contributed by atoms with Gasteiger partial charge in [0, 0.05) is 6.20 Å². The number of aromatic nitrogens is 4. The van der Waals surface area contributed by atoms with Crippen molar-refractivity contribution in [1.82, 2.24) is 20.2 Å². The number of nitrogens with zero attached hydrogens (tertiary/aromatic N) is 1. The van der Waals surface area contributed by atoms with Gasteiger partial charge in [-0.15, -0.1) is 11.6 Å². The van der Waals surface area contributed by atoms with E-state index in [2.05, 4.69) is 20.2 Å². The number of halogens is 1. The van der Waals surface area contributed by atoms with Gasteiger partial charge in [-0.05, 0) is 23.8 Å². The molecule has 1 unspecified atom stereocenters. The Labute approximate surface area is 101 Å². The van der Waals surface area contributed by atoms with Crippen molar-refractivity contribution in [2.75, 3.05) is 0 Å². The van der Waals surface area contributed by atoms with Gasteiger partial charge < -0.3 is 9.97 Å². The molecule has 1 atom stereocenters. The minimum atomic E-state index is -0.305. The third-order valence-electron chi connectivity index (χ3n) is 2.63. The Morgan fingerprint density at radius 2 is 2.00 bits per heavy atom. The van der Waals surface area contributed by atoms with Crippen LogP contribution in [0.5, 0.6) is 0 Å². The molecular weight excluding hydrogens is 240 g/mol. The molecule has 0 aliphatic carbocycles. The Hall–Kier alpha value is -2.01. The Kier molecular flexibility index (Phi) is 2.26. The van der Waals surface area contributed by atoms with Gasteiger partial charge in [-0.1, -0.05) is 6.07 Å². The van der Waals surface area contributed by atoms with Crippen LogP contribution >= 0.6 is 11.6 Å². The molecule has 0 aliphatic heterocycles. The first-order chi connectivity index (χ1) is 8.24. The van der Waals surface area contributed by atoms with E-state index in [1.165, 1.54) is 0 Å². The summed E-state index contributed by atoms with van der Waals surface area (Å²) >= 11 is 6.31. The van der Waals surface area contributed by atoms with E-state index in [0.717, 1.165) is 22.3 Å². The van der Waals surface area contributed by atoms with Crippen LogP contribution in [0.3, 0.4) is 0 Å². The summed E-state index contributed by atoms with van der Waals surface area (Å²) in [6.07, 6.45) is 1.65.